The maximum atomic E-state index is 13.9. The molecular formula is C17H24F2N4. The van der Waals surface area contributed by atoms with Crippen LogP contribution in [0, 0.1) is 11.6 Å². The fourth-order valence-corrected chi connectivity index (χ4v) is 2.70. The number of anilines is 1. The Morgan fingerprint density at radius 3 is 2.78 bits per heavy atom. The molecule has 2 N–H and O–H groups in total. The van der Waals surface area contributed by atoms with Gasteiger partial charge in [0.25, 0.3) is 0 Å². The highest BCUT2D eigenvalue weighted by molar-refractivity contribution is 5.80. The van der Waals surface area contributed by atoms with Gasteiger partial charge in [-0.1, -0.05) is 18.2 Å². The summed E-state index contributed by atoms with van der Waals surface area (Å²) in [6.07, 6.45) is 5.83. The first-order chi connectivity index (χ1) is 11.2. The SMILES string of the molecule is C/C=C/CCNC(=NC)NC1CCN(c2c(F)cccc2F)C1. The molecule has 0 aliphatic carbocycles. The topological polar surface area (TPSA) is 39.7 Å². The zero-order chi connectivity index (χ0) is 16.7. The number of halogens is 2. The zero-order valence-corrected chi connectivity index (χ0v) is 13.6. The van der Waals surface area contributed by atoms with Crippen LogP contribution in [-0.2, 0) is 0 Å². The minimum absolute atomic E-state index is 0.0628. The van der Waals surface area contributed by atoms with Gasteiger partial charge in [0.1, 0.15) is 17.3 Å². The van der Waals surface area contributed by atoms with Crippen LogP contribution in [0.1, 0.15) is 19.8 Å². The van der Waals surface area contributed by atoms with E-state index in [-0.39, 0.29) is 11.7 Å². The van der Waals surface area contributed by atoms with Crippen LogP contribution in [0.2, 0.25) is 0 Å². The quantitative estimate of drug-likeness (QED) is 0.379. The first-order valence-electron chi connectivity index (χ1n) is 7.93. The van der Waals surface area contributed by atoms with Crippen LogP contribution in [0.15, 0.2) is 35.3 Å². The number of rotatable bonds is 5. The van der Waals surface area contributed by atoms with E-state index in [4.69, 9.17) is 0 Å². The summed E-state index contributed by atoms with van der Waals surface area (Å²) in [5.74, 6) is -0.311. The summed E-state index contributed by atoms with van der Waals surface area (Å²) in [6, 6.07) is 4.08. The van der Waals surface area contributed by atoms with Crippen LogP contribution in [0.3, 0.4) is 0 Å². The fraction of sp³-hybridized carbons (Fsp3) is 0.471. The molecular weight excluding hydrogens is 298 g/mol. The van der Waals surface area contributed by atoms with Crippen molar-refractivity contribution in [2.75, 3.05) is 31.6 Å². The Hall–Kier alpha value is -2.11. The summed E-state index contributed by atoms with van der Waals surface area (Å²) in [7, 11) is 1.72. The first-order valence-corrected chi connectivity index (χ1v) is 7.93. The van der Waals surface area contributed by atoms with Gasteiger partial charge >= 0.3 is 0 Å². The van der Waals surface area contributed by atoms with Crippen molar-refractivity contribution in [1.29, 1.82) is 0 Å². The third kappa shape index (κ3) is 4.68. The summed E-state index contributed by atoms with van der Waals surface area (Å²) in [6.45, 7) is 3.95. The molecule has 1 unspecified atom stereocenters. The van der Waals surface area contributed by atoms with Crippen LogP contribution < -0.4 is 15.5 Å². The minimum Gasteiger partial charge on any atom is -0.365 e. The van der Waals surface area contributed by atoms with E-state index in [1.165, 1.54) is 18.2 Å². The van der Waals surface area contributed by atoms with Crippen LogP contribution >= 0.6 is 0 Å². The summed E-state index contributed by atoms with van der Waals surface area (Å²) in [5, 5.41) is 6.54. The van der Waals surface area contributed by atoms with Crippen molar-refractivity contribution in [3.8, 4) is 0 Å². The van der Waals surface area contributed by atoms with Crippen molar-refractivity contribution in [2.24, 2.45) is 4.99 Å². The second-order valence-corrected chi connectivity index (χ2v) is 5.50. The minimum atomic E-state index is -0.514. The molecule has 4 nitrogen and oxygen atoms in total. The van der Waals surface area contributed by atoms with E-state index in [0.717, 1.165) is 25.3 Å². The normalized spacial score (nSPS) is 18.7. The number of benzene rings is 1. The highest BCUT2D eigenvalue weighted by Gasteiger charge is 2.27. The Bertz CT molecular complexity index is 551. The van der Waals surface area contributed by atoms with E-state index in [0.29, 0.717) is 13.1 Å². The van der Waals surface area contributed by atoms with E-state index in [1.807, 2.05) is 13.0 Å². The Balaban J connectivity index is 1.89. The average Bonchev–Trinajstić information content (AvgIpc) is 2.98. The number of guanidine groups is 1. The molecule has 0 bridgehead atoms. The van der Waals surface area contributed by atoms with E-state index < -0.39 is 11.6 Å². The predicted molar refractivity (Wildman–Crippen MR) is 90.9 cm³/mol. The predicted octanol–water partition coefficient (Wildman–Crippen LogP) is 2.67. The lowest BCUT2D eigenvalue weighted by Crippen LogP contribution is -2.44. The molecule has 0 amide bonds. The molecule has 1 aliphatic rings. The average molecular weight is 322 g/mol. The first kappa shape index (κ1) is 17.2. The van der Waals surface area contributed by atoms with Crippen molar-refractivity contribution < 1.29 is 8.78 Å². The molecule has 2 rings (SSSR count). The molecule has 23 heavy (non-hydrogen) atoms. The largest absolute Gasteiger partial charge is 0.365 e. The Kier molecular flexibility index (Phi) is 6.38. The number of hydrogen-bond donors (Lipinski definition) is 2. The maximum Gasteiger partial charge on any atom is 0.191 e. The lowest BCUT2D eigenvalue weighted by molar-refractivity contribution is 0.576. The van der Waals surface area contributed by atoms with E-state index in [1.54, 1.807) is 11.9 Å². The third-order valence-corrected chi connectivity index (χ3v) is 3.85. The highest BCUT2D eigenvalue weighted by Crippen LogP contribution is 2.26. The fourth-order valence-electron chi connectivity index (χ4n) is 2.70. The Labute approximate surface area is 136 Å². The molecule has 1 aliphatic heterocycles. The van der Waals surface area contributed by atoms with E-state index in [9.17, 15) is 8.78 Å². The van der Waals surface area contributed by atoms with Crippen LogP contribution in [-0.4, -0.2) is 38.7 Å². The number of nitrogens with one attached hydrogen (secondary N) is 2. The molecule has 0 radical (unpaired) electrons. The number of allylic oxidation sites excluding steroid dienone is 1. The standard InChI is InChI=1S/C17H24F2N4/c1-3-4-5-10-21-17(20-2)22-13-9-11-23(12-13)16-14(18)7-6-8-15(16)19/h3-4,6-8,13H,5,9-12H2,1-2H3,(H2,20,21,22)/b4-3+. The van der Waals surface area contributed by atoms with Gasteiger partial charge in [0, 0.05) is 32.7 Å². The zero-order valence-electron chi connectivity index (χ0n) is 13.6. The number of aliphatic imine (C=N–C) groups is 1. The third-order valence-electron chi connectivity index (χ3n) is 3.85. The van der Waals surface area contributed by atoms with Crippen molar-refractivity contribution in [2.45, 2.75) is 25.8 Å². The van der Waals surface area contributed by atoms with Gasteiger partial charge in [-0.2, -0.15) is 0 Å². The highest BCUT2D eigenvalue weighted by atomic mass is 19.1. The summed E-state index contributed by atoms with van der Waals surface area (Å²) < 4.78 is 27.7. The van der Waals surface area contributed by atoms with Gasteiger partial charge in [0.2, 0.25) is 0 Å². The molecule has 1 aromatic carbocycles. The van der Waals surface area contributed by atoms with Crippen LogP contribution in [0.5, 0.6) is 0 Å². The summed E-state index contributed by atoms with van der Waals surface area (Å²) >= 11 is 0. The van der Waals surface area contributed by atoms with Crippen LogP contribution in [0.25, 0.3) is 0 Å². The maximum absolute atomic E-state index is 13.9. The molecule has 1 atom stereocenters. The second-order valence-electron chi connectivity index (χ2n) is 5.50. The summed E-state index contributed by atoms with van der Waals surface area (Å²) in [4.78, 5) is 5.93. The van der Waals surface area contributed by atoms with E-state index >= 15 is 0 Å². The lowest BCUT2D eigenvalue weighted by atomic mass is 10.2. The van der Waals surface area contributed by atoms with Crippen molar-refractivity contribution in [3.05, 3.63) is 42.0 Å². The number of nitrogens with zero attached hydrogens (tertiary/aromatic N) is 2. The van der Waals surface area contributed by atoms with Gasteiger partial charge in [0.05, 0.1) is 0 Å². The van der Waals surface area contributed by atoms with Crippen molar-refractivity contribution in [1.82, 2.24) is 10.6 Å². The van der Waals surface area contributed by atoms with Gasteiger partial charge in [-0.05, 0) is 31.9 Å². The second kappa shape index (κ2) is 8.50. The van der Waals surface area contributed by atoms with Gasteiger partial charge < -0.3 is 15.5 Å². The smallest absolute Gasteiger partial charge is 0.191 e. The molecule has 1 fully saturated rings. The Morgan fingerprint density at radius 1 is 1.39 bits per heavy atom. The molecule has 6 heteroatoms. The summed E-state index contributed by atoms with van der Waals surface area (Å²) in [5.41, 5.74) is 0.0628. The molecule has 126 valence electrons. The van der Waals surface area contributed by atoms with Gasteiger partial charge in [-0.3, -0.25) is 4.99 Å². The molecule has 1 saturated heterocycles. The van der Waals surface area contributed by atoms with Crippen LogP contribution in [0.4, 0.5) is 14.5 Å². The van der Waals surface area contributed by atoms with Gasteiger partial charge in [-0.15, -0.1) is 0 Å². The molecule has 1 aromatic rings. The van der Waals surface area contributed by atoms with E-state index in [2.05, 4.69) is 21.7 Å². The molecule has 0 aromatic heterocycles. The lowest BCUT2D eigenvalue weighted by Gasteiger charge is -2.21. The van der Waals surface area contributed by atoms with Crippen molar-refractivity contribution >= 4 is 11.6 Å². The van der Waals surface area contributed by atoms with Gasteiger partial charge in [0.15, 0.2) is 5.96 Å². The van der Waals surface area contributed by atoms with Crippen molar-refractivity contribution in [3.63, 3.8) is 0 Å². The number of hydrogen-bond acceptors (Lipinski definition) is 2. The van der Waals surface area contributed by atoms with Gasteiger partial charge in [-0.25, -0.2) is 8.78 Å². The molecule has 0 spiro atoms. The molecule has 1 heterocycles. The monoisotopic (exact) mass is 322 g/mol. The number of para-hydroxylation sites is 1. The molecule has 0 saturated carbocycles. The Morgan fingerprint density at radius 2 is 2.13 bits per heavy atom.